The highest BCUT2D eigenvalue weighted by atomic mass is 35.5. The lowest BCUT2D eigenvalue weighted by Crippen LogP contribution is -2.48. The molecule has 0 N–H and O–H groups in total. The second-order valence-corrected chi connectivity index (χ2v) is 4.62. The van der Waals surface area contributed by atoms with E-state index >= 15 is 0 Å². The van der Waals surface area contributed by atoms with Crippen LogP contribution in [-0.4, -0.2) is 29.3 Å². The SMILES string of the molecule is CCC(CC)C(=O)N(C)C(C)(C)CCl. The largest absolute Gasteiger partial charge is 0.339 e. The molecule has 0 rings (SSSR count). The molecule has 0 spiro atoms. The van der Waals surface area contributed by atoms with Crippen LogP contribution in [0.3, 0.4) is 0 Å². The number of amides is 1. The van der Waals surface area contributed by atoms with E-state index in [9.17, 15) is 4.79 Å². The van der Waals surface area contributed by atoms with Crippen LogP contribution in [0.25, 0.3) is 0 Å². The van der Waals surface area contributed by atoms with Crippen LogP contribution in [0.1, 0.15) is 40.5 Å². The number of hydrogen-bond donors (Lipinski definition) is 0. The van der Waals surface area contributed by atoms with Gasteiger partial charge in [0.15, 0.2) is 0 Å². The van der Waals surface area contributed by atoms with Gasteiger partial charge in [0.05, 0.1) is 5.54 Å². The number of nitrogens with zero attached hydrogens (tertiary/aromatic N) is 1. The average molecular weight is 220 g/mol. The summed E-state index contributed by atoms with van der Waals surface area (Å²) in [6, 6.07) is 0. The Morgan fingerprint density at radius 2 is 1.79 bits per heavy atom. The topological polar surface area (TPSA) is 20.3 Å². The number of alkyl halides is 1. The predicted octanol–water partition coefficient (Wildman–Crippen LogP) is 2.90. The van der Waals surface area contributed by atoms with Crippen molar-refractivity contribution in [1.29, 1.82) is 0 Å². The standard InChI is InChI=1S/C11H22ClNO/c1-6-9(7-2)10(14)13(5)11(3,4)8-12/h9H,6-8H2,1-5H3. The lowest BCUT2D eigenvalue weighted by Gasteiger charge is -2.36. The summed E-state index contributed by atoms with van der Waals surface area (Å²) in [5.74, 6) is 0.818. The van der Waals surface area contributed by atoms with E-state index in [2.05, 4.69) is 0 Å². The number of hydrogen-bond acceptors (Lipinski definition) is 1. The lowest BCUT2D eigenvalue weighted by molar-refractivity contribution is -0.138. The Bertz CT molecular complexity index is 188. The Balaban J connectivity index is 4.52. The molecule has 0 saturated carbocycles. The predicted molar refractivity (Wildman–Crippen MR) is 61.6 cm³/mol. The van der Waals surface area contributed by atoms with Crippen molar-refractivity contribution < 1.29 is 4.79 Å². The smallest absolute Gasteiger partial charge is 0.225 e. The highest BCUT2D eigenvalue weighted by molar-refractivity contribution is 6.18. The van der Waals surface area contributed by atoms with Gasteiger partial charge in [-0.25, -0.2) is 0 Å². The minimum atomic E-state index is -0.249. The van der Waals surface area contributed by atoms with Gasteiger partial charge in [-0.1, -0.05) is 13.8 Å². The molecule has 3 heteroatoms. The molecule has 0 aromatic heterocycles. The summed E-state index contributed by atoms with van der Waals surface area (Å²) in [6.45, 7) is 8.07. The third-order valence-electron chi connectivity index (χ3n) is 2.90. The van der Waals surface area contributed by atoms with Crippen LogP contribution < -0.4 is 0 Å². The van der Waals surface area contributed by atoms with E-state index in [1.54, 1.807) is 4.90 Å². The fraction of sp³-hybridized carbons (Fsp3) is 0.909. The van der Waals surface area contributed by atoms with Crippen LogP contribution in [0.4, 0.5) is 0 Å². The molecule has 0 bridgehead atoms. The van der Waals surface area contributed by atoms with E-state index in [4.69, 9.17) is 11.6 Å². The summed E-state index contributed by atoms with van der Waals surface area (Å²) in [4.78, 5) is 13.8. The van der Waals surface area contributed by atoms with Crippen molar-refractivity contribution in [1.82, 2.24) is 4.90 Å². The molecule has 14 heavy (non-hydrogen) atoms. The molecule has 0 aromatic rings. The summed E-state index contributed by atoms with van der Waals surface area (Å²) in [5, 5.41) is 0. The first-order valence-corrected chi connectivity index (χ1v) is 5.77. The molecular weight excluding hydrogens is 198 g/mol. The number of rotatable bonds is 5. The van der Waals surface area contributed by atoms with Crippen LogP contribution in [0.15, 0.2) is 0 Å². The molecule has 0 aromatic carbocycles. The molecule has 0 atom stereocenters. The van der Waals surface area contributed by atoms with Gasteiger partial charge in [-0.3, -0.25) is 4.79 Å². The second-order valence-electron chi connectivity index (χ2n) is 4.36. The van der Waals surface area contributed by atoms with Gasteiger partial charge in [-0.05, 0) is 26.7 Å². The van der Waals surface area contributed by atoms with Crippen LogP contribution in [0, 0.1) is 5.92 Å². The van der Waals surface area contributed by atoms with Crippen LogP contribution in [0.2, 0.25) is 0 Å². The van der Waals surface area contributed by atoms with E-state index in [-0.39, 0.29) is 17.4 Å². The first-order chi connectivity index (χ1) is 6.40. The molecule has 0 aliphatic rings. The molecule has 0 aliphatic heterocycles. The highest BCUT2D eigenvalue weighted by Crippen LogP contribution is 2.19. The lowest BCUT2D eigenvalue weighted by atomic mass is 9.98. The van der Waals surface area contributed by atoms with Gasteiger partial charge >= 0.3 is 0 Å². The van der Waals surface area contributed by atoms with Crippen LogP contribution in [0.5, 0.6) is 0 Å². The molecule has 1 amide bonds. The molecule has 0 unspecified atom stereocenters. The third-order valence-corrected chi connectivity index (χ3v) is 3.55. The Labute approximate surface area is 92.6 Å². The zero-order valence-electron chi connectivity index (χ0n) is 9.93. The van der Waals surface area contributed by atoms with Crippen LogP contribution >= 0.6 is 11.6 Å². The molecule has 2 nitrogen and oxygen atoms in total. The summed E-state index contributed by atoms with van der Waals surface area (Å²) >= 11 is 5.83. The maximum atomic E-state index is 12.0. The summed E-state index contributed by atoms with van der Waals surface area (Å²) < 4.78 is 0. The van der Waals surface area contributed by atoms with Gasteiger partial charge in [0.25, 0.3) is 0 Å². The zero-order chi connectivity index (χ0) is 11.4. The Morgan fingerprint density at radius 3 is 2.07 bits per heavy atom. The monoisotopic (exact) mass is 219 g/mol. The molecule has 0 radical (unpaired) electrons. The summed E-state index contributed by atoms with van der Waals surface area (Å²) in [7, 11) is 1.84. The molecule has 0 saturated heterocycles. The van der Waals surface area contributed by atoms with E-state index in [0.717, 1.165) is 12.8 Å². The van der Waals surface area contributed by atoms with Crippen molar-refractivity contribution in [3.05, 3.63) is 0 Å². The number of carbonyl (C=O) groups is 1. The van der Waals surface area contributed by atoms with E-state index in [1.807, 2.05) is 34.7 Å². The summed E-state index contributed by atoms with van der Waals surface area (Å²) in [5.41, 5.74) is -0.249. The van der Waals surface area contributed by atoms with Crippen molar-refractivity contribution in [2.24, 2.45) is 5.92 Å². The minimum absolute atomic E-state index is 0.141. The normalized spacial score (nSPS) is 11.9. The average Bonchev–Trinajstić information content (AvgIpc) is 2.18. The van der Waals surface area contributed by atoms with Gasteiger partial charge in [0, 0.05) is 18.8 Å². The molecule has 0 fully saturated rings. The van der Waals surface area contributed by atoms with Crippen LogP contribution in [-0.2, 0) is 4.79 Å². The van der Waals surface area contributed by atoms with Gasteiger partial charge in [-0.2, -0.15) is 0 Å². The van der Waals surface area contributed by atoms with Crippen molar-refractivity contribution in [3.63, 3.8) is 0 Å². The molecule has 0 aliphatic carbocycles. The maximum absolute atomic E-state index is 12.0. The maximum Gasteiger partial charge on any atom is 0.225 e. The Hall–Kier alpha value is -0.240. The van der Waals surface area contributed by atoms with E-state index in [1.165, 1.54) is 0 Å². The Morgan fingerprint density at radius 1 is 1.36 bits per heavy atom. The fourth-order valence-corrected chi connectivity index (χ4v) is 1.48. The quantitative estimate of drug-likeness (QED) is 0.652. The molecule has 84 valence electrons. The second kappa shape index (κ2) is 5.59. The zero-order valence-corrected chi connectivity index (χ0v) is 10.7. The van der Waals surface area contributed by atoms with E-state index < -0.39 is 0 Å². The van der Waals surface area contributed by atoms with Gasteiger partial charge in [-0.15, -0.1) is 11.6 Å². The first-order valence-electron chi connectivity index (χ1n) is 5.24. The minimum Gasteiger partial charge on any atom is -0.339 e. The summed E-state index contributed by atoms with van der Waals surface area (Å²) in [6.07, 6.45) is 1.80. The molecular formula is C11H22ClNO. The van der Waals surface area contributed by atoms with Gasteiger partial charge in [0.2, 0.25) is 5.91 Å². The van der Waals surface area contributed by atoms with E-state index in [0.29, 0.717) is 5.88 Å². The van der Waals surface area contributed by atoms with Gasteiger partial charge < -0.3 is 4.90 Å². The third kappa shape index (κ3) is 3.16. The van der Waals surface area contributed by atoms with Crippen molar-refractivity contribution in [3.8, 4) is 0 Å². The first kappa shape index (κ1) is 13.8. The fourth-order valence-electron chi connectivity index (χ4n) is 1.30. The van der Waals surface area contributed by atoms with Crippen molar-refractivity contribution >= 4 is 17.5 Å². The van der Waals surface area contributed by atoms with Crippen molar-refractivity contribution in [2.45, 2.75) is 46.1 Å². The Kier molecular flexibility index (Phi) is 5.50. The van der Waals surface area contributed by atoms with Gasteiger partial charge in [0.1, 0.15) is 0 Å². The highest BCUT2D eigenvalue weighted by Gasteiger charge is 2.29. The molecule has 0 heterocycles. The van der Waals surface area contributed by atoms with Crippen molar-refractivity contribution in [2.75, 3.05) is 12.9 Å². The number of carbonyl (C=O) groups excluding carboxylic acids is 1. The number of halogens is 1.